The molecule has 0 aliphatic carbocycles. The predicted octanol–water partition coefficient (Wildman–Crippen LogP) is 1.33. The lowest BCUT2D eigenvalue weighted by Gasteiger charge is -2.37. The Kier molecular flexibility index (Phi) is 3.69. The summed E-state index contributed by atoms with van der Waals surface area (Å²) in [6, 6.07) is 9.92. The normalized spacial score (nSPS) is 15.2. The van der Waals surface area contributed by atoms with Gasteiger partial charge in [0, 0.05) is 31.0 Å². The molecular weight excluding hydrogens is 356 g/mol. The molecule has 0 radical (unpaired) electrons. The van der Waals surface area contributed by atoms with Crippen molar-refractivity contribution in [2.24, 2.45) is 0 Å². The highest BCUT2D eigenvalue weighted by atomic mass is 32.2. The first kappa shape index (κ1) is 16.5. The van der Waals surface area contributed by atoms with Gasteiger partial charge in [0.25, 0.3) is 0 Å². The Morgan fingerprint density at radius 1 is 1.23 bits per heavy atom. The number of nitrogens with zero attached hydrogens (tertiary/aromatic N) is 3. The Morgan fingerprint density at radius 2 is 1.96 bits per heavy atom. The number of aromatic hydroxyl groups is 1. The summed E-state index contributed by atoms with van der Waals surface area (Å²) in [5, 5.41) is 18.1. The van der Waals surface area contributed by atoms with Gasteiger partial charge in [-0.3, -0.25) is 4.79 Å². The van der Waals surface area contributed by atoms with E-state index in [9.17, 15) is 18.3 Å². The van der Waals surface area contributed by atoms with Crippen LogP contribution in [-0.4, -0.2) is 57.9 Å². The van der Waals surface area contributed by atoms with Crippen molar-refractivity contribution in [1.82, 2.24) is 20.1 Å². The number of phenols is 1. The van der Waals surface area contributed by atoms with Gasteiger partial charge in [0.1, 0.15) is 16.0 Å². The second-order valence-electron chi connectivity index (χ2n) is 6.28. The number of phenolic OH excluding ortho intramolecular Hbond substituents is 1. The third kappa shape index (κ3) is 2.60. The van der Waals surface area contributed by atoms with Gasteiger partial charge in [-0.15, -0.1) is 10.2 Å². The van der Waals surface area contributed by atoms with E-state index in [1.165, 1.54) is 17.9 Å². The molecule has 0 saturated carbocycles. The molecule has 8 nitrogen and oxygen atoms in total. The fraction of sp³-hybridized carbons (Fsp3) is 0.235. The predicted molar refractivity (Wildman–Crippen MR) is 94.2 cm³/mol. The van der Waals surface area contributed by atoms with Gasteiger partial charge in [0.15, 0.2) is 15.5 Å². The molecule has 0 unspecified atom stereocenters. The number of aromatic nitrogens is 3. The summed E-state index contributed by atoms with van der Waals surface area (Å²) in [5.74, 6) is -0.0606. The van der Waals surface area contributed by atoms with Crippen LogP contribution in [0, 0.1) is 0 Å². The number of carbonyl (C=O) groups is 1. The van der Waals surface area contributed by atoms with E-state index in [0.717, 1.165) is 0 Å². The zero-order valence-electron chi connectivity index (χ0n) is 13.9. The standard InChI is InChI=1S/C17H16N4O4S/c1-10(22)21-8-12(9-21)26(24,25)16-7-11-6-14(19-20-17(11)18-16)13-4-2-3-5-15(13)23/h2-7,12,23H,8-9H2,1H3,(H,18,20). The summed E-state index contributed by atoms with van der Waals surface area (Å²) in [5.41, 5.74) is 1.32. The van der Waals surface area contributed by atoms with Crippen molar-refractivity contribution in [2.75, 3.05) is 13.1 Å². The smallest absolute Gasteiger partial charge is 0.219 e. The third-order valence-corrected chi connectivity index (χ3v) is 6.58. The molecule has 2 aromatic heterocycles. The highest BCUT2D eigenvalue weighted by molar-refractivity contribution is 7.92. The highest BCUT2D eigenvalue weighted by Crippen LogP contribution is 2.30. The average molecular weight is 372 g/mol. The van der Waals surface area contributed by atoms with Gasteiger partial charge in [-0.2, -0.15) is 0 Å². The Morgan fingerprint density at radius 3 is 2.65 bits per heavy atom. The fourth-order valence-electron chi connectivity index (χ4n) is 2.95. The largest absolute Gasteiger partial charge is 0.507 e. The molecule has 134 valence electrons. The number of likely N-dealkylation sites (tertiary alicyclic amines) is 1. The van der Waals surface area contributed by atoms with Crippen molar-refractivity contribution in [2.45, 2.75) is 17.2 Å². The van der Waals surface area contributed by atoms with E-state index in [1.54, 1.807) is 30.3 Å². The minimum Gasteiger partial charge on any atom is -0.507 e. The van der Waals surface area contributed by atoms with Gasteiger partial charge in [-0.05, 0) is 24.3 Å². The van der Waals surface area contributed by atoms with Crippen molar-refractivity contribution < 1.29 is 18.3 Å². The lowest BCUT2D eigenvalue weighted by Crippen LogP contribution is -2.56. The van der Waals surface area contributed by atoms with Crippen LogP contribution in [0.2, 0.25) is 0 Å². The summed E-state index contributed by atoms with van der Waals surface area (Å²) < 4.78 is 25.4. The molecule has 3 aromatic rings. The molecule has 1 fully saturated rings. The zero-order valence-corrected chi connectivity index (χ0v) is 14.7. The number of para-hydroxylation sites is 1. The number of nitrogens with one attached hydrogen (secondary N) is 1. The average Bonchev–Trinajstić information content (AvgIpc) is 2.97. The molecule has 0 atom stereocenters. The summed E-state index contributed by atoms with van der Waals surface area (Å²) in [4.78, 5) is 15.5. The van der Waals surface area contributed by atoms with Crippen LogP contribution in [0.15, 0.2) is 41.4 Å². The molecule has 26 heavy (non-hydrogen) atoms. The number of hydrogen-bond donors (Lipinski definition) is 2. The number of carbonyl (C=O) groups excluding carboxylic acids is 1. The van der Waals surface area contributed by atoms with Gasteiger partial charge in [0.05, 0.1) is 5.69 Å². The second kappa shape index (κ2) is 5.80. The minimum absolute atomic E-state index is 0.0597. The Hall–Kier alpha value is -2.94. The van der Waals surface area contributed by atoms with Gasteiger partial charge in [0.2, 0.25) is 5.91 Å². The van der Waals surface area contributed by atoms with Crippen LogP contribution in [0.1, 0.15) is 6.92 Å². The van der Waals surface area contributed by atoms with Gasteiger partial charge in [-0.25, -0.2) is 8.42 Å². The van der Waals surface area contributed by atoms with E-state index in [1.807, 2.05) is 0 Å². The maximum Gasteiger partial charge on any atom is 0.219 e. The lowest BCUT2D eigenvalue weighted by atomic mass is 10.1. The summed E-state index contributed by atoms with van der Waals surface area (Å²) in [6.45, 7) is 1.81. The quantitative estimate of drug-likeness (QED) is 0.717. The topological polar surface area (TPSA) is 116 Å². The number of sulfone groups is 1. The first-order valence-corrected chi connectivity index (χ1v) is 9.55. The van der Waals surface area contributed by atoms with E-state index < -0.39 is 15.1 Å². The second-order valence-corrected chi connectivity index (χ2v) is 8.47. The fourth-order valence-corrected chi connectivity index (χ4v) is 4.60. The van der Waals surface area contributed by atoms with Gasteiger partial charge < -0.3 is 15.0 Å². The van der Waals surface area contributed by atoms with E-state index in [2.05, 4.69) is 15.2 Å². The summed E-state index contributed by atoms with van der Waals surface area (Å²) in [6.07, 6.45) is 0. The van der Waals surface area contributed by atoms with Crippen LogP contribution in [0.4, 0.5) is 0 Å². The van der Waals surface area contributed by atoms with Gasteiger partial charge in [-0.1, -0.05) is 12.1 Å². The molecule has 0 spiro atoms. The van der Waals surface area contributed by atoms with Crippen LogP contribution in [0.5, 0.6) is 5.75 Å². The SMILES string of the molecule is CC(=O)N1CC(S(=O)(=O)c2cc3cc(-c4ccccc4O)nnc3[nH]2)C1. The first-order chi connectivity index (χ1) is 12.4. The molecule has 9 heteroatoms. The van der Waals surface area contributed by atoms with Crippen LogP contribution >= 0.6 is 0 Å². The van der Waals surface area contributed by atoms with Gasteiger partial charge >= 0.3 is 0 Å². The van der Waals surface area contributed by atoms with Crippen LogP contribution < -0.4 is 0 Å². The van der Waals surface area contributed by atoms with Crippen LogP contribution in [-0.2, 0) is 14.6 Å². The van der Waals surface area contributed by atoms with E-state index in [-0.39, 0.29) is 29.8 Å². The molecule has 0 bridgehead atoms. The maximum atomic E-state index is 12.7. The zero-order chi connectivity index (χ0) is 18.5. The molecular formula is C17H16N4O4S. The molecule has 1 saturated heterocycles. The Bertz CT molecular complexity index is 1120. The molecule has 1 aliphatic heterocycles. The molecule has 1 aromatic carbocycles. The minimum atomic E-state index is -3.58. The van der Waals surface area contributed by atoms with Crippen LogP contribution in [0.3, 0.4) is 0 Å². The summed E-state index contributed by atoms with van der Waals surface area (Å²) >= 11 is 0. The number of hydrogen-bond acceptors (Lipinski definition) is 6. The van der Waals surface area contributed by atoms with Crippen molar-refractivity contribution in [3.63, 3.8) is 0 Å². The lowest BCUT2D eigenvalue weighted by molar-refractivity contribution is -0.131. The Balaban J connectivity index is 1.68. The monoisotopic (exact) mass is 372 g/mol. The molecule has 1 amide bonds. The Labute approximate surface area is 149 Å². The summed E-state index contributed by atoms with van der Waals surface area (Å²) in [7, 11) is -3.58. The maximum absolute atomic E-state index is 12.7. The van der Waals surface area contributed by atoms with E-state index >= 15 is 0 Å². The number of aromatic amines is 1. The number of fused-ring (bicyclic) bond motifs is 1. The van der Waals surface area contributed by atoms with E-state index in [4.69, 9.17) is 0 Å². The van der Waals surface area contributed by atoms with Crippen molar-refractivity contribution in [1.29, 1.82) is 0 Å². The molecule has 3 heterocycles. The first-order valence-electron chi connectivity index (χ1n) is 8.00. The van der Waals surface area contributed by atoms with Crippen molar-refractivity contribution >= 4 is 26.8 Å². The van der Waals surface area contributed by atoms with E-state index in [0.29, 0.717) is 22.3 Å². The third-order valence-electron chi connectivity index (χ3n) is 4.57. The van der Waals surface area contributed by atoms with Crippen molar-refractivity contribution in [3.05, 3.63) is 36.4 Å². The number of amides is 1. The molecule has 4 rings (SSSR count). The molecule has 1 aliphatic rings. The number of H-pyrrole nitrogens is 1. The van der Waals surface area contributed by atoms with Crippen LogP contribution in [0.25, 0.3) is 22.3 Å². The molecule has 2 N–H and O–H groups in total. The number of benzene rings is 1. The highest BCUT2D eigenvalue weighted by Gasteiger charge is 2.40. The van der Waals surface area contributed by atoms with Crippen molar-refractivity contribution in [3.8, 4) is 17.0 Å². The number of rotatable bonds is 3.